The molecule has 1 aromatic heterocycles. The van der Waals surface area contributed by atoms with Crippen molar-refractivity contribution in [3.05, 3.63) is 15.9 Å². The van der Waals surface area contributed by atoms with Crippen LogP contribution in [0.25, 0.3) is 0 Å². The van der Waals surface area contributed by atoms with Crippen molar-refractivity contribution in [1.29, 1.82) is 0 Å². The summed E-state index contributed by atoms with van der Waals surface area (Å²) in [7, 11) is 0. The number of hydrogen-bond acceptors (Lipinski definition) is 4. The van der Waals surface area contributed by atoms with Crippen molar-refractivity contribution in [2.75, 3.05) is 17.2 Å². The minimum atomic E-state index is -1.28. The van der Waals surface area contributed by atoms with E-state index in [4.69, 9.17) is 5.73 Å². The second-order valence-corrected chi connectivity index (χ2v) is 3.90. The molecule has 1 aliphatic rings. The summed E-state index contributed by atoms with van der Waals surface area (Å²) < 4.78 is 13.6. The van der Waals surface area contributed by atoms with Gasteiger partial charge in [-0.2, -0.15) is 4.98 Å². The van der Waals surface area contributed by atoms with E-state index in [2.05, 4.69) is 9.97 Å². The summed E-state index contributed by atoms with van der Waals surface area (Å²) in [5.41, 5.74) is 5.04. The van der Waals surface area contributed by atoms with E-state index in [9.17, 15) is 9.18 Å². The lowest BCUT2D eigenvalue weighted by Gasteiger charge is -2.22. The SMILES string of the molecule is CC(C)N1CC(F)c2c1nc(N)[nH]c2=O. The van der Waals surface area contributed by atoms with E-state index in [-0.39, 0.29) is 24.1 Å². The van der Waals surface area contributed by atoms with Crippen molar-refractivity contribution in [3.8, 4) is 0 Å². The number of rotatable bonds is 1. The van der Waals surface area contributed by atoms with Crippen LogP contribution in [0.3, 0.4) is 0 Å². The van der Waals surface area contributed by atoms with Gasteiger partial charge in [-0.1, -0.05) is 0 Å². The molecular formula is C9H13FN4O. The van der Waals surface area contributed by atoms with E-state index in [1.54, 1.807) is 4.90 Å². The van der Waals surface area contributed by atoms with Crippen molar-refractivity contribution in [2.45, 2.75) is 26.1 Å². The van der Waals surface area contributed by atoms with Crippen LogP contribution < -0.4 is 16.2 Å². The molecule has 0 amide bonds. The van der Waals surface area contributed by atoms with Gasteiger partial charge in [0.15, 0.2) is 6.17 Å². The molecule has 2 rings (SSSR count). The zero-order valence-corrected chi connectivity index (χ0v) is 8.62. The van der Waals surface area contributed by atoms with Crippen molar-refractivity contribution in [2.24, 2.45) is 0 Å². The standard InChI is InChI=1S/C9H13FN4O/c1-4(2)14-3-5(10)6-7(14)12-9(11)13-8(6)15/h4-5H,3H2,1-2H3,(H3,11,12,13,15). The summed E-state index contributed by atoms with van der Waals surface area (Å²) in [5.74, 6) is 0.400. The first-order valence-corrected chi connectivity index (χ1v) is 4.81. The van der Waals surface area contributed by atoms with Crippen molar-refractivity contribution >= 4 is 11.8 Å². The Morgan fingerprint density at radius 1 is 1.67 bits per heavy atom. The Kier molecular flexibility index (Phi) is 2.13. The fraction of sp³-hybridized carbons (Fsp3) is 0.556. The molecule has 2 heterocycles. The maximum absolute atomic E-state index is 13.6. The molecule has 1 aromatic rings. The molecule has 5 nitrogen and oxygen atoms in total. The largest absolute Gasteiger partial charge is 0.369 e. The second kappa shape index (κ2) is 3.22. The van der Waals surface area contributed by atoms with Crippen molar-refractivity contribution < 1.29 is 4.39 Å². The van der Waals surface area contributed by atoms with Crippen LogP contribution in [0.1, 0.15) is 25.6 Å². The lowest BCUT2D eigenvalue weighted by Crippen LogP contribution is -2.30. The third-order valence-corrected chi connectivity index (χ3v) is 2.52. The number of nitrogens with zero attached hydrogens (tertiary/aromatic N) is 2. The van der Waals surface area contributed by atoms with E-state index < -0.39 is 11.7 Å². The Labute approximate surface area is 86.1 Å². The molecule has 0 fully saturated rings. The molecule has 1 unspecified atom stereocenters. The quantitative estimate of drug-likeness (QED) is 0.714. The lowest BCUT2D eigenvalue weighted by atomic mass is 10.2. The molecule has 0 saturated heterocycles. The number of nitrogens with one attached hydrogen (secondary N) is 1. The highest BCUT2D eigenvalue weighted by molar-refractivity contribution is 5.55. The monoisotopic (exact) mass is 212 g/mol. The topological polar surface area (TPSA) is 75.0 Å². The smallest absolute Gasteiger partial charge is 0.260 e. The third kappa shape index (κ3) is 1.45. The van der Waals surface area contributed by atoms with Crippen LogP contribution in [0.15, 0.2) is 4.79 Å². The molecule has 0 bridgehead atoms. The highest BCUT2D eigenvalue weighted by Crippen LogP contribution is 2.34. The van der Waals surface area contributed by atoms with Gasteiger partial charge >= 0.3 is 0 Å². The number of halogens is 1. The first kappa shape index (κ1) is 9.95. The van der Waals surface area contributed by atoms with Gasteiger partial charge in [0.1, 0.15) is 5.82 Å². The van der Waals surface area contributed by atoms with Crippen molar-refractivity contribution in [3.63, 3.8) is 0 Å². The summed E-state index contributed by atoms with van der Waals surface area (Å²) in [4.78, 5) is 19.5. The van der Waals surface area contributed by atoms with Gasteiger partial charge in [-0.05, 0) is 13.8 Å². The van der Waals surface area contributed by atoms with Gasteiger partial charge in [0.25, 0.3) is 5.56 Å². The molecule has 0 radical (unpaired) electrons. The maximum atomic E-state index is 13.6. The zero-order valence-electron chi connectivity index (χ0n) is 8.62. The average Bonchev–Trinajstić information content (AvgIpc) is 2.42. The molecule has 0 saturated carbocycles. The molecule has 15 heavy (non-hydrogen) atoms. The Bertz CT molecular complexity index is 442. The maximum Gasteiger partial charge on any atom is 0.260 e. The minimum absolute atomic E-state index is 0.0264. The summed E-state index contributed by atoms with van der Waals surface area (Å²) >= 11 is 0. The fourth-order valence-electron chi connectivity index (χ4n) is 1.79. The van der Waals surface area contributed by atoms with Gasteiger partial charge in [-0.25, -0.2) is 4.39 Å². The molecule has 0 aromatic carbocycles. The first-order chi connectivity index (χ1) is 7.00. The van der Waals surface area contributed by atoms with E-state index >= 15 is 0 Å². The molecular weight excluding hydrogens is 199 g/mol. The molecule has 3 N–H and O–H groups in total. The van der Waals surface area contributed by atoms with E-state index in [1.807, 2.05) is 13.8 Å². The molecule has 1 aliphatic heterocycles. The van der Waals surface area contributed by atoms with Crippen LogP contribution in [0.4, 0.5) is 16.2 Å². The highest BCUT2D eigenvalue weighted by Gasteiger charge is 2.34. The predicted molar refractivity (Wildman–Crippen MR) is 55.6 cm³/mol. The Morgan fingerprint density at radius 3 is 2.93 bits per heavy atom. The Hall–Kier alpha value is -1.59. The number of aromatic nitrogens is 2. The number of anilines is 2. The fourth-order valence-corrected chi connectivity index (χ4v) is 1.79. The number of aromatic amines is 1. The van der Waals surface area contributed by atoms with Gasteiger partial charge in [0.05, 0.1) is 12.1 Å². The number of nitrogen functional groups attached to an aromatic ring is 1. The first-order valence-electron chi connectivity index (χ1n) is 4.81. The Morgan fingerprint density at radius 2 is 2.33 bits per heavy atom. The number of H-pyrrole nitrogens is 1. The van der Waals surface area contributed by atoms with Crippen LogP contribution in [0, 0.1) is 0 Å². The van der Waals surface area contributed by atoms with Crippen LogP contribution in [-0.2, 0) is 0 Å². The van der Waals surface area contributed by atoms with Crippen LogP contribution >= 0.6 is 0 Å². The zero-order chi connectivity index (χ0) is 11.2. The lowest BCUT2D eigenvalue weighted by molar-refractivity contribution is 0.357. The highest BCUT2D eigenvalue weighted by atomic mass is 19.1. The summed E-state index contributed by atoms with van der Waals surface area (Å²) in [5, 5.41) is 0. The van der Waals surface area contributed by atoms with Gasteiger partial charge < -0.3 is 10.6 Å². The average molecular weight is 212 g/mol. The third-order valence-electron chi connectivity index (χ3n) is 2.52. The number of nitrogens with two attached hydrogens (primary N) is 1. The molecule has 0 aliphatic carbocycles. The summed E-state index contributed by atoms with van der Waals surface area (Å²) in [6.45, 7) is 4.01. The number of alkyl halides is 1. The van der Waals surface area contributed by atoms with E-state index in [1.165, 1.54) is 0 Å². The van der Waals surface area contributed by atoms with Gasteiger partial charge in [-0.15, -0.1) is 0 Å². The number of fused-ring (bicyclic) bond motifs is 1. The molecule has 0 spiro atoms. The predicted octanol–water partition coefficient (Wildman–Crippen LogP) is 0.591. The van der Waals surface area contributed by atoms with Gasteiger partial charge in [0, 0.05) is 6.04 Å². The molecule has 6 heteroatoms. The van der Waals surface area contributed by atoms with Crippen molar-refractivity contribution in [1.82, 2.24) is 9.97 Å². The van der Waals surface area contributed by atoms with E-state index in [0.717, 1.165) is 0 Å². The molecule has 1 atom stereocenters. The Balaban J connectivity index is 2.60. The number of hydrogen-bond donors (Lipinski definition) is 2. The second-order valence-electron chi connectivity index (χ2n) is 3.90. The van der Waals surface area contributed by atoms with E-state index in [0.29, 0.717) is 5.82 Å². The van der Waals surface area contributed by atoms with Crippen LogP contribution in [-0.4, -0.2) is 22.6 Å². The normalized spacial score (nSPS) is 19.7. The van der Waals surface area contributed by atoms with Gasteiger partial charge in [-0.3, -0.25) is 9.78 Å². The van der Waals surface area contributed by atoms with Gasteiger partial charge in [0.2, 0.25) is 5.95 Å². The summed E-state index contributed by atoms with van der Waals surface area (Å²) in [6.07, 6.45) is -1.28. The molecule has 82 valence electrons. The van der Waals surface area contributed by atoms with Crippen LogP contribution in [0.5, 0.6) is 0 Å². The van der Waals surface area contributed by atoms with Crippen LogP contribution in [0.2, 0.25) is 0 Å². The minimum Gasteiger partial charge on any atom is -0.369 e. The summed E-state index contributed by atoms with van der Waals surface area (Å²) in [6, 6.07) is 0.0956.